The van der Waals surface area contributed by atoms with Crippen LogP contribution in [0, 0.1) is 0 Å². The van der Waals surface area contributed by atoms with Gasteiger partial charge in [-0.25, -0.2) is 14.8 Å². The van der Waals surface area contributed by atoms with Crippen LogP contribution in [0.15, 0.2) is 41.3 Å². The van der Waals surface area contributed by atoms with Gasteiger partial charge in [0, 0.05) is 37.0 Å². The lowest BCUT2D eigenvalue weighted by Gasteiger charge is -2.28. The largest absolute Gasteiger partial charge is 0.475 e. The molecule has 37 heavy (non-hydrogen) atoms. The molecule has 0 saturated heterocycles. The second-order valence-corrected chi connectivity index (χ2v) is 9.24. The van der Waals surface area contributed by atoms with E-state index in [1.807, 2.05) is 20.8 Å². The lowest BCUT2D eigenvalue weighted by Crippen LogP contribution is -2.47. The second kappa shape index (κ2) is 12.8. The Labute approximate surface area is 222 Å². The van der Waals surface area contributed by atoms with E-state index in [1.165, 1.54) is 0 Å². The number of halogens is 1. The zero-order chi connectivity index (χ0) is 27.0. The maximum atomic E-state index is 12.8. The van der Waals surface area contributed by atoms with E-state index in [1.54, 1.807) is 43.6 Å². The van der Waals surface area contributed by atoms with Gasteiger partial charge >= 0.3 is 5.69 Å². The minimum absolute atomic E-state index is 0.0554. The summed E-state index contributed by atoms with van der Waals surface area (Å²) in [5.74, 6) is 0.790. The molecule has 0 aliphatic rings. The minimum Gasteiger partial charge on any atom is -0.475 e. The molecule has 0 radical (unpaired) electrons. The van der Waals surface area contributed by atoms with Gasteiger partial charge in [0.05, 0.1) is 11.1 Å². The Balaban J connectivity index is 1.84. The molecule has 1 atom stereocenters. The quantitative estimate of drug-likeness (QED) is 0.342. The Kier molecular flexibility index (Phi) is 9.77. The summed E-state index contributed by atoms with van der Waals surface area (Å²) < 4.78 is 11.3. The number of carbonyl (C=O) groups is 1. The molecular weight excluding hydrogens is 494 g/mol. The average molecular weight is 528 g/mol. The van der Waals surface area contributed by atoms with Crippen LogP contribution in [-0.2, 0) is 16.1 Å². The number of hydrogen-bond acceptors (Lipinski definition) is 7. The van der Waals surface area contributed by atoms with Crippen LogP contribution in [0.2, 0.25) is 5.02 Å². The highest BCUT2D eigenvalue weighted by atomic mass is 35.5. The van der Waals surface area contributed by atoms with Gasteiger partial charge in [-0.05, 0) is 49.9 Å². The molecule has 9 nitrogen and oxygen atoms in total. The first kappa shape index (κ1) is 28.3. The average Bonchev–Trinajstić information content (AvgIpc) is 2.89. The maximum Gasteiger partial charge on any atom is 0.348 e. The summed E-state index contributed by atoms with van der Waals surface area (Å²) in [6.07, 6.45) is 4.69. The fraction of sp³-hybridized carbons (Fsp3) is 0.444. The molecule has 2 aromatic heterocycles. The van der Waals surface area contributed by atoms with Crippen LogP contribution in [0.4, 0.5) is 0 Å². The summed E-state index contributed by atoms with van der Waals surface area (Å²) in [5.41, 5.74) is 0.430. The number of hydrogen-bond donors (Lipinski definition) is 2. The summed E-state index contributed by atoms with van der Waals surface area (Å²) in [7, 11) is 1.54. The zero-order valence-electron chi connectivity index (χ0n) is 21.9. The van der Waals surface area contributed by atoms with Crippen molar-refractivity contribution < 1.29 is 14.3 Å². The van der Waals surface area contributed by atoms with Gasteiger partial charge in [-0.2, -0.15) is 4.98 Å². The third-order valence-electron chi connectivity index (χ3n) is 6.35. The number of pyridine rings is 1. The van der Waals surface area contributed by atoms with E-state index in [4.69, 9.17) is 21.1 Å². The number of nitrogens with one attached hydrogen (secondary N) is 2. The maximum absolute atomic E-state index is 12.8. The lowest BCUT2D eigenvalue weighted by molar-refractivity contribution is -0.144. The number of methoxy groups -OCH3 is 1. The van der Waals surface area contributed by atoms with Crippen LogP contribution in [-0.4, -0.2) is 44.7 Å². The molecule has 1 amide bonds. The highest BCUT2D eigenvalue weighted by Gasteiger charge is 2.34. The number of benzene rings is 1. The van der Waals surface area contributed by atoms with Crippen molar-refractivity contribution in [3.63, 3.8) is 0 Å². The monoisotopic (exact) mass is 527 g/mol. The van der Waals surface area contributed by atoms with Crippen LogP contribution in [0.5, 0.6) is 5.88 Å². The first-order valence-corrected chi connectivity index (χ1v) is 12.9. The van der Waals surface area contributed by atoms with Crippen molar-refractivity contribution in [2.24, 2.45) is 0 Å². The summed E-state index contributed by atoms with van der Waals surface area (Å²) in [4.78, 5) is 40.7. The van der Waals surface area contributed by atoms with Gasteiger partial charge < -0.3 is 14.8 Å². The molecule has 2 heterocycles. The minimum atomic E-state index is -0.870. The number of aromatic nitrogens is 4. The van der Waals surface area contributed by atoms with E-state index >= 15 is 0 Å². The highest BCUT2D eigenvalue weighted by Crippen LogP contribution is 2.27. The van der Waals surface area contributed by atoms with Gasteiger partial charge in [0.2, 0.25) is 5.88 Å². The first-order valence-electron chi connectivity index (χ1n) is 12.5. The van der Waals surface area contributed by atoms with Crippen molar-refractivity contribution in [3.05, 3.63) is 57.6 Å². The van der Waals surface area contributed by atoms with Crippen LogP contribution in [0.25, 0.3) is 22.8 Å². The van der Waals surface area contributed by atoms with Crippen LogP contribution in [0.3, 0.4) is 0 Å². The van der Waals surface area contributed by atoms with Gasteiger partial charge in [-0.15, -0.1) is 0 Å². The molecule has 0 spiro atoms. The van der Waals surface area contributed by atoms with Crippen LogP contribution < -0.4 is 15.7 Å². The summed E-state index contributed by atoms with van der Waals surface area (Å²) in [6, 6.07) is 8.78. The standard InChI is InChI=1S/C27H34ClN5O4/c1-6-9-17(4)37-22-13-11-19(16-29-22)23-31-24(33-26(35)32-23)20-14-18(10-12-21(20)28)15-30-25(34)27(7-2,8-3)36-5/h10-14,16-17H,6-9,15H2,1-5H3,(H,30,34)(H,31,32,33,35). The number of nitrogens with zero attached hydrogens (tertiary/aromatic N) is 3. The Hall–Kier alpha value is -3.30. The van der Waals surface area contributed by atoms with Crippen molar-refractivity contribution in [1.29, 1.82) is 0 Å². The molecule has 0 fully saturated rings. The molecule has 3 rings (SSSR count). The smallest absolute Gasteiger partial charge is 0.348 e. The summed E-state index contributed by atoms with van der Waals surface area (Å²) >= 11 is 6.46. The predicted octanol–water partition coefficient (Wildman–Crippen LogP) is 4.94. The molecule has 0 aliphatic carbocycles. The number of carbonyl (C=O) groups excluding carboxylic acids is 1. The molecule has 2 N–H and O–H groups in total. The van der Waals surface area contributed by atoms with Crippen molar-refractivity contribution >= 4 is 17.5 Å². The molecule has 1 unspecified atom stereocenters. The van der Waals surface area contributed by atoms with E-state index in [-0.39, 0.29) is 30.2 Å². The Bertz CT molecular complexity index is 1250. The third kappa shape index (κ3) is 6.93. The van der Waals surface area contributed by atoms with Crippen molar-refractivity contribution in [3.8, 4) is 28.7 Å². The lowest BCUT2D eigenvalue weighted by atomic mass is 9.96. The number of H-pyrrole nitrogens is 1. The predicted molar refractivity (Wildman–Crippen MR) is 143 cm³/mol. The second-order valence-electron chi connectivity index (χ2n) is 8.83. The van der Waals surface area contributed by atoms with E-state index < -0.39 is 11.3 Å². The van der Waals surface area contributed by atoms with Crippen molar-refractivity contribution in [1.82, 2.24) is 25.3 Å². The van der Waals surface area contributed by atoms with Gasteiger partial charge in [0.15, 0.2) is 5.82 Å². The number of amides is 1. The van der Waals surface area contributed by atoms with E-state index in [0.717, 1.165) is 18.4 Å². The van der Waals surface area contributed by atoms with Crippen molar-refractivity contribution in [2.75, 3.05) is 7.11 Å². The van der Waals surface area contributed by atoms with Crippen LogP contribution in [0.1, 0.15) is 58.9 Å². The van der Waals surface area contributed by atoms with E-state index in [2.05, 4.69) is 32.2 Å². The molecule has 0 bridgehead atoms. The Morgan fingerprint density at radius 1 is 1.16 bits per heavy atom. The Morgan fingerprint density at radius 2 is 1.92 bits per heavy atom. The van der Waals surface area contributed by atoms with Gasteiger partial charge in [-0.3, -0.25) is 9.78 Å². The topological polar surface area (TPSA) is 119 Å². The molecule has 198 valence electrons. The van der Waals surface area contributed by atoms with Gasteiger partial charge in [0.25, 0.3) is 5.91 Å². The number of aromatic amines is 1. The summed E-state index contributed by atoms with van der Waals surface area (Å²) in [5, 5.41) is 3.33. The molecule has 3 aromatic rings. The van der Waals surface area contributed by atoms with E-state index in [9.17, 15) is 9.59 Å². The van der Waals surface area contributed by atoms with Crippen molar-refractivity contribution in [2.45, 2.75) is 71.6 Å². The molecular formula is C27H34ClN5O4. The normalized spacial score (nSPS) is 12.3. The molecule has 0 saturated carbocycles. The third-order valence-corrected chi connectivity index (χ3v) is 6.68. The number of rotatable bonds is 12. The summed E-state index contributed by atoms with van der Waals surface area (Å²) in [6.45, 7) is 8.19. The molecule has 10 heteroatoms. The first-order chi connectivity index (χ1) is 17.7. The number of ether oxygens (including phenoxy) is 2. The van der Waals surface area contributed by atoms with Gasteiger partial charge in [0.1, 0.15) is 11.4 Å². The fourth-order valence-corrected chi connectivity index (χ4v) is 4.26. The SMILES string of the molecule is CCCC(C)Oc1ccc(-c2nc(-c3cc(CNC(=O)C(CC)(CC)OC)ccc3Cl)[nH]c(=O)n2)cn1. The zero-order valence-corrected chi connectivity index (χ0v) is 22.7. The van der Waals surface area contributed by atoms with Gasteiger partial charge in [-0.1, -0.05) is 44.9 Å². The Morgan fingerprint density at radius 3 is 2.54 bits per heavy atom. The van der Waals surface area contributed by atoms with E-state index in [0.29, 0.717) is 34.9 Å². The highest BCUT2D eigenvalue weighted by molar-refractivity contribution is 6.33. The van der Waals surface area contributed by atoms with Crippen LogP contribution >= 0.6 is 11.6 Å². The molecule has 0 aliphatic heterocycles. The fourth-order valence-electron chi connectivity index (χ4n) is 4.05. The molecule has 1 aromatic carbocycles.